The molecule has 0 aromatic carbocycles. The van der Waals surface area contributed by atoms with Crippen LogP contribution in [0.15, 0.2) is 5.16 Å². The van der Waals surface area contributed by atoms with Crippen molar-refractivity contribution in [3.05, 3.63) is 0 Å². The zero-order valence-electron chi connectivity index (χ0n) is 6.33. The highest BCUT2D eigenvalue weighted by Crippen LogP contribution is 1.88. The Morgan fingerprint density at radius 3 is 2.91 bits per heavy atom. The third-order valence-electron chi connectivity index (χ3n) is 0.948. The molecular formula is C7H9N2O2. The second-order valence-electron chi connectivity index (χ2n) is 1.84. The standard InChI is InChI=1S/C7H9N2O2/c1-2-3-4-11-9-7(5-8)6-10/h2-4H2,1H3. The van der Waals surface area contributed by atoms with E-state index in [9.17, 15) is 4.79 Å². The lowest BCUT2D eigenvalue weighted by atomic mass is 10.4. The van der Waals surface area contributed by atoms with Gasteiger partial charge in [-0.3, -0.25) is 4.79 Å². The number of oxime groups is 1. The summed E-state index contributed by atoms with van der Waals surface area (Å²) in [6.45, 7) is 2.44. The van der Waals surface area contributed by atoms with Gasteiger partial charge >= 0.3 is 0 Å². The minimum absolute atomic E-state index is 0.346. The molecule has 0 heterocycles. The Morgan fingerprint density at radius 2 is 2.45 bits per heavy atom. The van der Waals surface area contributed by atoms with Crippen LogP contribution in [0.3, 0.4) is 0 Å². The van der Waals surface area contributed by atoms with Crippen molar-refractivity contribution < 1.29 is 9.63 Å². The minimum atomic E-state index is -0.346. The lowest BCUT2D eigenvalue weighted by Gasteiger charge is -1.93. The lowest BCUT2D eigenvalue weighted by Crippen LogP contribution is -1.97. The number of hydrogen-bond donors (Lipinski definition) is 0. The molecule has 4 nitrogen and oxygen atoms in total. The van der Waals surface area contributed by atoms with Gasteiger partial charge in [0.2, 0.25) is 5.71 Å². The van der Waals surface area contributed by atoms with Crippen LogP contribution in [0, 0.1) is 11.3 Å². The molecule has 0 saturated carbocycles. The number of carbonyl (C=O) groups excluding carboxylic acids is 1. The first-order valence-electron chi connectivity index (χ1n) is 3.33. The topological polar surface area (TPSA) is 62.4 Å². The summed E-state index contributed by atoms with van der Waals surface area (Å²) in [5.74, 6) is 0. The number of unbranched alkanes of at least 4 members (excludes halogenated alkanes) is 1. The van der Waals surface area contributed by atoms with Crippen LogP contribution in [0.1, 0.15) is 19.8 Å². The normalized spacial score (nSPS) is 10.4. The first-order valence-corrected chi connectivity index (χ1v) is 3.33. The molecule has 1 radical (unpaired) electrons. The smallest absolute Gasteiger partial charge is 0.268 e. The van der Waals surface area contributed by atoms with Crippen LogP contribution in [-0.2, 0) is 9.63 Å². The molecule has 0 aliphatic heterocycles. The van der Waals surface area contributed by atoms with Gasteiger partial charge in [-0.05, 0) is 6.42 Å². The Kier molecular flexibility index (Phi) is 5.91. The van der Waals surface area contributed by atoms with Crippen LogP contribution in [-0.4, -0.2) is 18.6 Å². The summed E-state index contributed by atoms with van der Waals surface area (Å²) in [6.07, 6.45) is 3.19. The van der Waals surface area contributed by atoms with Crippen LogP contribution >= 0.6 is 0 Å². The van der Waals surface area contributed by atoms with E-state index in [1.807, 2.05) is 6.92 Å². The summed E-state index contributed by atoms with van der Waals surface area (Å²) in [5.41, 5.74) is -0.346. The predicted molar refractivity (Wildman–Crippen MR) is 39.6 cm³/mol. The molecule has 4 heteroatoms. The predicted octanol–water partition coefficient (Wildman–Crippen LogP) is 0.792. The van der Waals surface area contributed by atoms with Gasteiger partial charge in [0.15, 0.2) is 0 Å². The van der Waals surface area contributed by atoms with Crippen LogP contribution < -0.4 is 0 Å². The van der Waals surface area contributed by atoms with Crippen LogP contribution in [0.2, 0.25) is 0 Å². The third kappa shape index (κ3) is 5.09. The lowest BCUT2D eigenvalue weighted by molar-refractivity contribution is 0.142. The molecule has 59 valence electrons. The van der Waals surface area contributed by atoms with E-state index in [0.29, 0.717) is 6.61 Å². The van der Waals surface area contributed by atoms with Crippen molar-refractivity contribution in [2.75, 3.05) is 6.61 Å². The Balaban J connectivity index is 3.55. The first kappa shape index (κ1) is 9.63. The van der Waals surface area contributed by atoms with E-state index in [0.717, 1.165) is 12.8 Å². The van der Waals surface area contributed by atoms with Crippen LogP contribution in [0.25, 0.3) is 0 Å². The van der Waals surface area contributed by atoms with Crippen molar-refractivity contribution >= 4 is 12.0 Å². The fourth-order valence-electron chi connectivity index (χ4n) is 0.381. The molecule has 0 amide bonds. The molecule has 0 atom stereocenters. The number of hydrogen-bond acceptors (Lipinski definition) is 4. The fraction of sp³-hybridized carbons (Fsp3) is 0.571. The van der Waals surface area contributed by atoms with Gasteiger partial charge in [0.05, 0.1) is 0 Å². The highest BCUT2D eigenvalue weighted by Gasteiger charge is 1.94. The zero-order chi connectivity index (χ0) is 8.53. The maximum Gasteiger partial charge on any atom is 0.268 e. The summed E-state index contributed by atoms with van der Waals surface area (Å²) in [4.78, 5) is 14.5. The van der Waals surface area contributed by atoms with Gasteiger partial charge < -0.3 is 4.84 Å². The molecule has 0 bridgehead atoms. The van der Waals surface area contributed by atoms with E-state index in [4.69, 9.17) is 5.26 Å². The van der Waals surface area contributed by atoms with Gasteiger partial charge in [-0.2, -0.15) is 5.26 Å². The van der Waals surface area contributed by atoms with Crippen LogP contribution in [0.4, 0.5) is 0 Å². The van der Waals surface area contributed by atoms with Crippen molar-refractivity contribution in [3.63, 3.8) is 0 Å². The van der Waals surface area contributed by atoms with Gasteiger partial charge in [0.25, 0.3) is 6.29 Å². The number of rotatable bonds is 5. The summed E-state index contributed by atoms with van der Waals surface area (Å²) in [7, 11) is 0. The average Bonchev–Trinajstić information content (AvgIpc) is 2.05. The zero-order valence-corrected chi connectivity index (χ0v) is 6.33. The Bertz CT molecular complexity index is 181. The number of nitriles is 1. The summed E-state index contributed by atoms with van der Waals surface area (Å²) < 4.78 is 0. The molecule has 0 spiro atoms. The van der Waals surface area contributed by atoms with Gasteiger partial charge in [0.1, 0.15) is 12.7 Å². The summed E-state index contributed by atoms with van der Waals surface area (Å²) >= 11 is 0. The van der Waals surface area contributed by atoms with E-state index < -0.39 is 0 Å². The number of nitrogens with zero attached hydrogens (tertiary/aromatic N) is 2. The third-order valence-corrected chi connectivity index (χ3v) is 0.948. The quantitative estimate of drug-likeness (QED) is 0.333. The van der Waals surface area contributed by atoms with Gasteiger partial charge in [-0.1, -0.05) is 18.5 Å². The average molecular weight is 153 g/mol. The van der Waals surface area contributed by atoms with Gasteiger partial charge in [0, 0.05) is 0 Å². The first-order chi connectivity index (χ1) is 5.35. The SMILES string of the molecule is CCCCON=C([C]=O)C#N. The summed E-state index contributed by atoms with van der Waals surface area (Å²) in [5, 5.41) is 11.4. The largest absolute Gasteiger partial charge is 0.395 e. The highest BCUT2D eigenvalue weighted by molar-refractivity contribution is 6.35. The molecule has 0 saturated heterocycles. The molecule has 11 heavy (non-hydrogen) atoms. The summed E-state index contributed by atoms with van der Waals surface area (Å²) in [6, 6.07) is 1.53. The maximum atomic E-state index is 9.84. The van der Waals surface area contributed by atoms with E-state index >= 15 is 0 Å². The van der Waals surface area contributed by atoms with E-state index in [1.54, 1.807) is 0 Å². The Morgan fingerprint density at radius 1 is 1.73 bits per heavy atom. The fourth-order valence-corrected chi connectivity index (χ4v) is 0.381. The van der Waals surface area contributed by atoms with Crippen LogP contribution in [0.5, 0.6) is 0 Å². The Labute approximate surface area is 65.4 Å². The molecule has 0 N–H and O–H groups in total. The molecule has 0 aliphatic carbocycles. The van der Waals surface area contributed by atoms with Crippen molar-refractivity contribution in [1.29, 1.82) is 5.26 Å². The van der Waals surface area contributed by atoms with E-state index in [2.05, 4.69) is 9.99 Å². The van der Waals surface area contributed by atoms with E-state index in [-0.39, 0.29) is 5.71 Å². The van der Waals surface area contributed by atoms with Crippen molar-refractivity contribution in [2.45, 2.75) is 19.8 Å². The monoisotopic (exact) mass is 153 g/mol. The molecule has 0 unspecified atom stereocenters. The second kappa shape index (κ2) is 6.75. The van der Waals surface area contributed by atoms with Crippen molar-refractivity contribution in [2.24, 2.45) is 5.16 Å². The Hall–Kier alpha value is -1.37. The van der Waals surface area contributed by atoms with Crippen molar-refractivity contribution in [3.8, 4) is 6.07 Å². The van der Waals surface area contributed by atoms with Gasteiger partial charge in [-0.25, -0.2) is 0 Å². The molecule has 0 aliphatic rings. The van der Waals surface area contributed by atoms with E-state index in [1.165, 1.54) is 12.4 Å². The van der Waals surface area contributed by atoms with Gasteiger partial charge in [-0.15, -0.1) is 0 Å². The second-order valence-corrected chi connectivity index (χ2v) is 1.84. The molecule has 0 fully saturated rings. The molecular weight excluding hydrogens is 144 g/mol. The minimum Gasteiger partial charge on any atom is -0.395 e. The molecule has 0 rings (SSSR count). The molecule has 0 aromatic rings. The van der Waals surface area contributed by atoms with Crippen molar-refractivity contribution in [1.82, 2.24) is 0 Å². The highest BCUT2D eigenvalue weighted by atomic mass is 16.6. The maximum absolute atomic E-state index is 9.84. The molecule has 0 aromatic heterocycles.